The van der Waals surface area contributed by atoms with E-state index in [0.717, 1.165) is 12.8 Å². The first-order chi connectivity index (χ1) is 6.08. The van der Waals surface area contributed by atoms with Crippen LogP contribution in [0.25, 0.3) is 0 Å². The van der Waals surface area contributed by atoms with E-state index >= 15 is 0 Å². The van der Waals surface area contributed by atoms with Crippen molar-refractivity contribution in [1.82, 2.24) is 0 Å². The van der Waals surface area contributed by atoms with Crippen LogP contribution in [0.3, 0.4) is 0 Å². The van der Waals surface area contributed by atoms with Crippen molar-refractivity contribution in [3.05, 3.63) is 0 Å². The van der Waals surface area contributed by atoms with E-state index < -0.39 is 0 Å². The highest BCUT2D eigenvalue weighted by atomic mass is 32.2. The van der Waals surface area contributed by atoms with Crippen LogP contribution in [-0.2, 0) is 14.3 Å². The molecule has 3 nitrogen and oxygen atoms in total. The van der Waals surface area contributed by atoms with Gasteiger partial charge in [-0.2, -0.15) is 0 Å². The van der Waals surface area contributed by atoms with Crippen molar-refractivity contribution < 1.29 is 14.3 Å². The summed E-state index contributed by atoms with van der Waals surface area (Å²) in [7, 11) is 0. The molecule has 0 aromatic rings. The standard InChI is InChI=1S/C9H14O3S/c1-3-8(11)12-9(4-5-9)6-13-7(2)10/h3-6H2,1-2H3. The molecule has 1 aliphatic rings. The molecule has 0 aliphatic heterocycles. The second-order valence-corrected chi connectivity index (χ2v) is 4.44. The summed E-state index contributed by atoms with van der Waals surface area (Å²) in [6, 6.07) is 0. The molecule has 0 spiro atoms. The molecule has 0 unspecified atom stereocenters. The molecule has 0 heterocycles. The quantitative estimate of drug-likeness (QED) is 0.651. The Hall–Kier alpha value is -0.510. The van der Waals surface area contributed by atoms with Gasteiger partial charge < -0.3 is 4.74 Å². The largest absolute Gasteiger partial charge is 0.458 e. The summed E-state index contributed by atoms with van der Waals surface area (Å²) in [5.41, 5.74) is -0.302. The van der Waals surface area contributed by atoms with Gasteiger partial charge in [0, 0.05) is 19.1 Å². The van der Waals surface area contributed by atoms with E-state index in [1.165, 1.54) is 18.7 Å². The maximum absolute atomic E-state index is 11.0. The van der Waals surface area contributed by atoms with E-state index in [1.807, 2.05) is 0 Å². The summed E-state index contributed by atoms with van der Waals surface area (Å²) in [4.78, 5) is 21.7. The van der Waals surface area contributed by atoms with Gasteiger partial charge in [0.1, 0.15) is 5.60 Å². The first-order valence-electron chi connectivity index (χ1n) is 4.43. The van der Waals surface area contributed by atoms with Crippen LogP contribution < -0.4 is 0 Å². The lowest BCUT2D eigenvalue weighted by Gasteiger charge is -2.14. The number of thioether (sulfide) groups is 1. The van der Waals surface area contributed by atoms with E-state index in [-0.39, 0.29) is 16.7 Å². The van der Waals surface area contributed by atoms with Gasteiger partial charge in [-0.3, -0.25) is 9.59 Å². The molecule has 0 aromatic heterocycles. The van der Waals surface area contributed by atoms with Crippen molar-refractivity contribution >= 4 is 22.8 Å². The minimum Gasteiger partial charge on any atom is -0.458 e. The fourth-order valence-corrected chi connectivity index (χ4v) is 1.78. The molecule has 0 aromatic carbocycles. The highest BCUT2D eigenvalue weighted by Crippen LogP contribution is 2.42. The van der Waals surface area contributed by atoms with Crippen molar-refractivity contribution in [2.24, 2.45) is 0 Å². The third-order valence-corrected chi connectivity index (χ3v) is 3.04. The molecule has 74 valence electrons. The molecule has 1 aliphatic carbocycles. The number of carbonyl (C=O) groups is 2. The van der Waals surface area contributed by atoms with E-state index in [0.29, 0.717) is 12.2 Å². The van der Waals surface area contributed by atoms with Gasteiger partial charge in [-0.05, 0) is 12.8 Å². The fourth-order valence-electron chi connectivity index (χ4n) is 0.962. The molecule has 1 fully saturated rings. The van der Waals surface area contributed by atoms with E-state index in [1.54, 1.807) is 6.92 Å². The van der Waals surface area contributed by atoms with Crippen molar-refractivity contribution in [3.63, 3.8) is 0 Å². The lowest BCUT2D eigenvalue weighted by molar-refractivity contribution is -0.149. The van der Waals surface area contributed by atoms with Gasteiger partial charge >= 0.3 is 5.97 Å². The Morgan fingerprint density at radius 1 is 1.46 bits per heavy atom. The van der Waals surface area contributed by atoms with E-state index in [2.05, 4.69) is 0 Å². The van der Waals surface area contributed by atoms with Gasteiger partial charge in [-0.25, -0.2) is 0 Å². The molecular weight excluding hydrogens is 188 g/mol. The Kier molecular flexibility index (Phi) is 3.36. The molecule has 0 saturated heterocycles. The number of ether oxygens (including phenoxy) is 1. The molecule has 0 atom stereocenters. The van der Waals surface area contributed by atoms with Crippen LogP contribution in [-0.4, -0.2) is 22.4 Å². The minimum atomic E-state index is -0.302. The number of hydrogen-bond acceptors (Lipinski definition) is 4. The second kappa shape index (κ2) is 4.13. The van der Waals surface area contributed by atoms with Crippen LogP contribution in [0.4, 0.5) is 0 Å². The SMILES string of the molecule is CCC(=O)OC1(CSC(C)=O)CC1. The van der Waals surface area contributed by atoms with Crippen LogP contribution in [0.15, 0.2) is 0 Å². The maximum atomic E-state index is 11.0. The van der Waals surface area contributed by atoms with Gasteiger partial charge in [-0.15, -0.1) is 0 Å². The smallest absolute Gasteiger partial charge is 0.306 e. The second-order valence-electron chi connectivity index (χ2n) is 3.29. The summed E-state index contributed by atoms with van der Waals surface area (Å²) in [5.74, 6) is 0.454. The Morgan fingerprint density at radius 2 is 2.08 bits per heavy atom. The van der Waals surface area contributed by atoms with Crippen molar-refractivity contribution in [2.45, 2.75) is 38.7 Å². The molecule has 1 saturated carbocycles. The Labute approximate surface area is 82.2 Å². The lowest BCUT2D eigenvalue weighted by Crippen LogP contribution is -2.22. The summed E-state index contributed by atoms with van der Waals surface area (Å²) in [5, 5.41) is 0.0822. The van der Waals surface area contributed by atoms with Crippen LogP contribution in [0.1, 0.15) is 33.1 Å². The van der Waals surface area contributed by atoms with Gasteiger partial charge in [0.2, 0.25) is 0 Å². The Balaban J connectivity index is 2.30. The van der Waals surface area contributed by atoms with Gasteiger partial charge in [-0.1, -0.05) is 18.7 Å². The number of hydrogen-bond donors (Lipinski definition) is 0. The minimum absolute atomic E-state index is 0.0822. The predicted molar refractivity (Wildman–Crippen MR) is 51.5 cm³/mol. The third kappa shape index (κ3) is 3.38. The fraction of sp³-hybridized carbons (Fsp3) is 0.778. The average Bonchev–Trinajstić information content (AvgIpc) is 2.82. The zero-order valence-corrected chi connectivity index (χ0v) is 8.78. The average molecular weight is 202 g/mol. The zero-order chi connectivity index (χ0) is 9.90. The molecule has 1 rings (SSSR count). The summed E-state index contributed by atoms with van der Waals surface area (Å²) in [6.45, 7) is 3.30. The van der Waals surface area contributed by atoms with E-state index in [9.17, 15) is 9.59 Å². The summed E-state index contributed by atoms with van der Waals surface area (Å²) < 4.78 is 5.24. The highest BCUT2D eigenvalue weighted by Gasteiger charge is 2.46. The molecular formula is C9H14O3S. The van der Waals surface area contributed by atoms with Gasteiger partial charge in [0.05, 0.1) is 0 Å². The molecule has 13 heavy (non-hydrogen) atoms. The number of carbonyl (C=O) groups excluding carboxylic acids is 2. The monoisotopic (exact) mass is 202 g/mol. The van der Waals surface area contributed by atoms with Crippen LogP contribution in [0.2, 0.25) is 0 Å². The molecule has 0 bridgehead atoms. The van der Waals surface area contributed by atoms with Crippen molar-refractivity contribution in [1.29, 1.82) is 0 Å². The van der Waals surface area contributed by atoms with Gasteiger partial charge in [0.15, 0.2) is 5.12 Å². The van der Waals surface area contributed by atoms with Crippen LogP contribution in [0, 0.1) is 0 Å². The maximum Gasteiger partial charge on any atom is 0.306 e. The topological polar surface area (TPSA) is 43.4 Å². The van der Waals surface area contributed by atoms with E-state index in [4.69, 9.17) is 4.74 Å². The molecule has 0 N–H and O–H groups in total. The highest BCUT2D eigenvalue weighted by molar-refractivity contribution is 8.13. The lowest BCUT2D eigenvalue weighted by atomic mass is 10.4. The normalized spacial score (nSPS) is 18.0. The Bertz CT molecular complexity index is 221. The van der Waals surface area contributed by atoms with Crippen LogP contribution >= 0.6 is 11.8 Å². The van der Waals surface area contributed by atoms with Crippen molar-refractivity contribution in [3.8, 4) is 0 Å². The first kappa shape index (κ1) is 10.6. The first-order valence-corrected chi connectivity index (χ1v) is 5.42. The van der Waals surface area contributed by atoms with Crippen molar-refractivity contribution in [2.75, 3.05) is 5.75 Å². The summed E-state index contributed by atoms with van der Waals surface area (Å²) in [6.07, 6.45) is 2.21. The molecule has 0 radical (unpaired) electrons. The van der Waals surface area contributed by atoms with Gasteiger partial charge in [0.25, 0.3) is 0 Å². The predicted octanol–water partition coefficient (Wildman–Crippen LogP) is 1.75. The molecule has 4 heteroatoms. The zero-order valence-electron chi connectivity index (χ0n) is 7.96. The third-order valence-electron chi connectivity index (χ3n) is 1.97. The number of rotatable bonds is 4. The van der Waals surface area contributed by atoms with Crippen LogP contribution in [0.5, 0.6) is 0 Å². The number of esters is 1. The Morgan fingerprint density at radius 3 is 2.46 bits per heavy atom. The summed E-state index contributed by atoms with van der Waals surface area (Å²) >= 11 is 1.24. The molecule has 0 amide bonds.